The maximum atomic E-state index is 13.4. The van der Waals surface area contributed by atoms with Crippen LogP contribution in [0.2, 0.25) is 0 Å². The fourth-order valence-electron chi connectivity index (χ4n) is 1.94. The minimum absolute atomic E-state index is 0.0673. The Balaban J connectivity index is 2.13. The minimum Gasteiger partial charge on any atom is -0.260 e. The van der Waals surface area contributed by atoms with Crippen molar-refractivity contribution >= 4 is 20.8 Å². The molecule has 0 spiro atoms. The minimum atomic E-state index is -3.71. The van der Waals surface area contributed by atoms with Crippen LogP contribution in [-0.4, -0.2) is 30.2 Å². The average molecular weight is 305 g/mol. The normalized spacial score (nSPS) is 24.3. The summed E-state index contributed by atoms with van der Waals surface area (Å²) in [6, 6.07) is 3.65. The number of benzene rings is 1. The number of nitrogens with one attached hydrogen (secondary N) is 1. The van der Waals surface area contributed by atoms with Crippen molar-refractivity contribution in [2.24, 2.45) is 0 Å². The van der Waals surface area contributed by atoms with E-state index in [1.807, 2.05) is 0 Å². The Morgan fingerprint density at radius 2 is 1.95 bits per heavy atom. The number of sulfonamides is 1. The molecule has 106 valence electrons. The lowest BCUT2D eigenvalue weighted by Crippen LogP contribution is -2.39. The Hall–Kier alpha value is -0.790. The van der Waals surface area contributed by atoms with Crippen LogP contribution in [0.3, 0.4) is 0 Å². The summed E-state index contributed by atoms with van der Waals surface area (Å²) in [7, 11) is -4.54. The van der Waals surface area contributed by atoms with Gasteiger partial charge >= 0.3 is 0 Å². The average Bonchev–Trinajstić information content (AvgIpc) is 2.35. The first-order valence-electron chi connectivity index (χ1n) is 6.02. The van der Waals surface area contributed by atoms with Gasteiger partial charge in [-0.05, 0) is 37.5 Å². The summed E-state index contributed by atoms with van der Waals surface area (Å²) in [4.78, 5) is -0.0673. The molecule has 7 heteroatoms. The summed E-state index contributed by atoms with van der Waals surface area (Å²) in [5.41, 5.74) is 0.409. The Labute approximate surface area is 114 Å². The molecule has 0 bridgehead atoms. The monoisotopic (exact) mass is 305 g/mol. The van der Waals surface area contributed by atoms with Gasteiger partial charge in [-0.2, -0.15) is 0 Å². The van der Waals surface area contributed by atoms with Crippen molar-refractivity contribution in [2.45, 2.75) is 30.7 Å². The third-order valence-electron chi connectivity index (χ3n) is 3.16. The first-order chi connectivity index (χ1) is 8.88. The van der Waals surface area contributed by atoms with Crippen molar-refractivity contribution in [2.75, 3.05) is 11.5 Å². The predicted molar refractivity (Wildman–Crippen MR) is 72.4 cm³/mol. The van der Waals surface area contributed by atoms with E-state index in [-0.39, 0.29) is 10.9 Å². The molecule has 0 saturated carbocycles. The Kier molecular flexibility index (Phi) is 4.37. The van der Waals surface area contributed by atoms with Crippen LogP contribution < -0.4 is 4.72 Å². The van der Waals surface area contributed by atoms with Crippen LogP contribution in [-0.2, 0) is 20.8 Å². The van der Waals surface area contributed by atoms with Crippen molar-refractivity contribution in [1.82, 2.24) is 4.72 Å². The zero-order chi connectivity index (χ0) is 14.0. The van der Waals surface area contributed by atoms with Gasteiger partial charge in [0.05, 0.1) is 4.90 Å². The molecule has 1 heterocycles. The molecule has 0 amide bonds. The van der Waals surface area contributed by atoms with E-state index < -0.39 is 26.6 Å². The lowest BCUT2D eigenvalue weighted by molar-refractivity contribution is 0.520. The summed E-state index contributed by atoms with van der Waals surface area (Å²) >= 11 is 0. The Morgan fingerprint density at radius 1 is 1.32 bits per heavy atom. The van der Waals surface area contributed by atoms with Crippen LogP contribution in [0.1, 0.15) is 18.4 Å². The highest BCUT2D eigenvalue weighted by molar-refractivity contribution is 7.89. The van der Waals surface area contributed by atoms with Gasteiger partial charge < -0.3 is 0 Å². The summed E-state index contributed by atoms with van der Waals surface area (Å²) in [5.74, 6) is 0.484. The smallest absolute Gasteiger partial charge is 0.240 e. The van der Waals surface area contributed by atoms with Gasteiger partial charge in [-0.25, -0.2) is 17.5 Å². The van der Waals surface area contributed by atoms with Gasteiger partial charge in [-0.3, -0.25) is 4.21 Å². The van der Waals surface area contributed by atoms with Gasteiger partial charge in [0, 0.05) is 28.3 Å². The van der Waals surface area contributed by atoms with E-state index >= 15 is 0 Å². The summed E-state index contributed by atoms with van der Waals surface area (Å²) in [5, 5.41) is 0. The van der Waals surface area contributed by atoms with Gasteiger partial charge in [-0.1, -0.05) is 6.07 Å². The van der Waals surface area contributed by atoms with Gasteiger partial charge in [0.15, 0.2) is 0 Å². The molecule has 1 fully saturated rings. The van der Waals surface area contributed by atoms with E-state index in [9.17, 15) is 17.0 Å². The third kappa shape index (κ3) is 3.61. The second kappa shape index (κ2) is 5.68. The lowest BCUT2D eigenvalue weighted by Gasteiger charge is -2.22. The second-order valence-corrected chi connectivity index (χ2v) is 8.06. The molecule has 1 aromatic rings. The summed E-state index contributed by atoms with van der Waals surface area (Å²) < 4.78 is 51.4. The van der Waals surface area contributed by atoms with Crippen molar-refractivity contribution in [3.63, 3.8) is 0 Å². The number of hydrogen-bond donors (Lipinski definition) is 1. The standard InChI is InChI=1S/C12H16FNO3S2/c1-9-2-3-11(8-12(9)13)19(16,17)14-10-4-6-18(15)7-5-10/h2-3,8,10,14H,4-7H2,1H3. The third-order valence-corrected chi connectivity index (χ3v) is 6.06. The molecule has 19 heavy (non-hydrogen) atoms. The summed E-state index contributed by atoms with van der Waals surface area (Å²) in [6.07, 6.45) is 1.11. The van der Waals surface area contributed by atoms with Gasteiger partial charge in [-0.15, -0.1) is 0 Å². The van der Waals surface area contributed by atoms with E-state index in [4.69, 9.17) is 0 Å². The van der Waals surface area contributed by atoms with Crippen LogP contribution in [0.25, 0.3) is 0 Å². The Bertz CT molecular complexity index is 591. The largest absolute Gasteiger partial charge is 0.260 e. The number of halogens is 1. The Morgan fingerprint density at radius 3 is 2.53 bits per heavy atom. The fraction of sp³-hybridized carbons (Fsp3) is 0.500. The number of aryl methyl sites for hydroxylation is 1. The molecule has 4 nitrogen and oxygen atoms in total. The molecule has 0 unspecified atom stereocenters. The molecule has 0 atom stereocenters. The SMILES string of the molecule is Cc1ccc(S(=O)(=O)NC2CCS(=O)CC2)cc1F. The van der Waals surface area contributed by atoms with Gasteiger partial charge in [0.2, 0.25) is 10.0 Å². The van der Waals surface area contributed by atoms with E-state index in [1.165, 1.54) is 12.1 Å². The zero-order valence-corrected chi connectivity index (χ0v) is 12.2. The molecule has 0 aromatic heterocycles. The molecule has 1 aliphatic heterocycles. The highest BCUT2D eigenvalue weighted by Crippen LogP contribution is 2.17. The van der Waals surface area contributed by atoms with Crippen molar-refractivity contribution in [3.05, 3.63) is 29.6 Å². The molecular weight excluding hydrogens is 289 g/mol. The highest BCUT2D eigenvalue weighted by Gasteiger charge is 2.24. The molecule has 2 rings (SSSR count). The number of hydrogen-bond acceptors (Lipinski definition) is 3. The van der Waals surface area contributed by atoms with Crippen LogP contribution in [0.4, 0.5) is 4.39 Å². The molecule has 0 aliphatic carbocycles. The van der Waals surface area contributed by atoms with Crippen LogP contribution in [0, 0.1) is 12.7 Å². The quantitative estimate of drug-likeness (QED) is 0.916. The zero-order valence-electron chi connectivity index (χ0n) is 10.6. The first kappa shape index (κ1) is 14.6. The van der Waals surface area contributed by atoms with Crippen LogP contribution in [0.15, 0.2) is 23.1 Å². The van der Waals surface area contributed by atoms with Crippen molar-refractivity contribution < 1.29 is 17.0 Å². The van der Waals surface area contributed by atoms with Crippen molar-refractivity contribution in [1.29, 1.82) is 0 Å². The molecule has 1 aliphatic rings. The van der Waals surface area contributed by atoms with E-state index in [2.05, 4.69) is 4.72 Å². The predicted octanol–water partition coefficient (Wildman–Crippen LogP) is 1.32. The van der Waals surface area contributed by atoms with E-state index in [0.717, 1.165) is 6.07 Å². The topological polar surface area (TPSA) is 63.2 Å². The number of rotatable bonds is 3. The second-order valence-electron chi connectivity index (χ2n) is 4.65. The highest BCUT2D eigenvalue weighted by atomic mass is 32.2. The summed E-state index contributed by atoms with van der Waals surface area (Å²) in [6.45, 7) is 1.58. The molecule has 1 aromatic carbocycles. The molecular formula is C12H16FNO3S2. The molecule has 1 N–H and O–H groups in total. The first-order valence-corrected chi connectivity index (χ1v) is 8.99. The maximum absolute atomic E-state index is 13.4. The lowest BCUT2D eigenvalue weighted by atomic mass is 10.2. The van der Waals surface area contributed by atoms with Crippen LogP contribution >= 0.6 is 0 Å². The van der Waals surface area contributed by atoms with Crippen LogP contribution in [0.5, 0.6) is 0 Å². The fourth-order valence-corrected chi connectivity index (χ4v) is 4.56. The molecule has 1 saturated heterocycles. The molecule has 0 radical (unpaired) electrons. The van der Waals surface area contributed by atoms with E-state index in [0.29, 0.717) is 29.9 Å². The van der Waals surface area contributed by atoms with Gasteiger partial charge in [0.1, 0.15) is 5.82 Å². The maximum Gasteiger partial charge on any atom is 0.240 e. The van der Waals surface area contributed by atoms with Crippen molar-refractivity contribution in [3.8, 4) is 0 Å². The van der Waals surface area contributed by atoms with E-state index in [1.54, 1.807) is 6.92 Å². The van der Waals surface area contributed by atoms with Gasteiger partial charge in [0.25, 0.3) is 0 Å².